The molecule has 0 aliphatic rings. The molecule has 0 fully saturated rings. The zero-order valence-electron chi connectivity index (χ0n) is 13.1. The highest BCUT2D eigenvalue weighted by atomic mass is 16.5. The van der Waals surface area contributed by atoms with Crippen LogP contribution in [0.15, 0.2) is 18.2 Å². The summed E-state index contributed by atoms with van der Waals surface area (Å²) < 4.78 is 16.5. The van der Waals surface area contributed by atoms with E-state index in [0.29, 0.717) is 6.61 Å². The molecule has 114 valence electrons. The molecular formula is C16H27NO3. The lowest BCUT2D eigenvalue weighted by atomic mass is 10.1. The van der Waals surface area contributed by atoms with Gasteiger partial charge in [0.2, 0.25) is 0 Å². The Morgan fingerprint density at radius 2 is 2.05 bits per heavy atom. The summed E-state index contributed by atoms with van der Waals surface area (Å²) >= 11 is 0. The molecule has 0 radical (unpaired) electrons. The van der Waals surface area contributed by atoms with Crippen LogP contribution in [0.25, 0.3) is 0 Å². The van der Waals surface area contributed by atoms with Crippen LogP contribution in [0.5, 0.6) is 11.5 Å². The molecule has 1 N–H and O–H groups in total. The van der Waals surface area contributed by atoms with Crippen LogP contribution in [0.4, 0.5) is 0 Å². The number of hydrogen-bond acceptors (Lipinski definition) is 4. The summed E-state index contributed by atoms with van der Waals surface area (Å²) in [5.74, 6) is 1.64. The molecule has 0 amide bonds. The Kier molecular flexibility index (Phi) is 8.07. The maximum atomic E-state index is 6.07. The van der Waals surface area contributed by atoms with Crippen molar-refractivity contribution in [2.45, 2.75) is 39.3 Å². The number of ether oxygens (including phenoxy) is 3. The van der Waals surface area contributed by atoms with Gasteiger partial charge < -0.3 is 19.5 Å². The fourth-order valence-electron chi connectivity index (χ4n) is 2.06. The Morgan fingerprint density at radius 3 is 2.70 bits per heavy atom. The normalized spacial score (nSPS) is 12.2. The van der Waals surface area contributed by atoms with Crippen molar-refractivity contribution in [3.8, 4) is 11.5 Å². The summed E-state index contributed by atoms with van der Waals surface area (Å²) in [6.07, 6.45) is 2.33. The van der Waals surface area contributed by atoms with Gasteiger partial charge in [0.15, 0.2) is 11.5 Å². The lowest BCUT2D eigenvalue weighted by Crippen LogP contribution is -2.20. The average molecular weight is 281 g/mol. The van der Waals surface area contributed by atoms with Crippen LogP contribution in [-0.4, -0.2) is 33.5 Å². The monoisotopic (exact) mass is 281 g/mol. The van der Waals surface area contributed by atoms with Crippen molar-refractivity contribution >= 4 is 0 Å². The third kappa shape index (κ3) is 5.39. The summed E-state index contributed by atoms with van der Waals surface area (Å²) in [7, 11) is 3.38. The number of hydrogen-bond donors (Lipinski definition) is 1. The second-order valence-electron chi connectivity index (χ2n) is 4.84. The zero-order chi connectivity index (χ0) is 14.8. The van der Waals surface area contributed by atoms with Crippen molar-refractivity contribution in [3.63, 3.8) is 0 Å². The zero-order valence-corrected chi connectivity index (χ0v) is 13.1. The first-order valence-corrected chi connectivity index (χ1v) is 7.25. The minimum Gasteiger partial charge on any atom is -0.493 e. The number of methoxy groups -OCH3 is 2. The summed E-state index contributed by atoms with van der Waals surface area (Å²) in [5, 5.41) is 3.34. The Morgan fingerprint density at radius 1 is 1.25 bits per heavy atom. The Labute approximate surface area is 122 Å². The second kappa shape index (κ2) is 9.61. The van der Waals surface area contributed by atoms with Gasteiger partial charge in [-0.05, 0) is 19.4 Å². The molecule has 0 aliphatic carbocycles. The van der Waals surface area contributed by atoms with E-state index in [-0.39, 0.29) is 6.10 Å². The average Bonchev–Trinajstić information content (AvgIpc) is 2.45. The van der Waals surface area contributed by atoms with Gasteiger partial charge in [-0.15, -0.1) is 0 Å². The van der Waals surface area contributed by atoms with Crippen molar-refractivity contribution in [1.29, 1.82) is 0 Å². The van der Waals surface area contributed by atoms with Gasteiger partial charge in [-0.2, -0.15) is 0 Å². The first-order chi connectivity index (χ1) is 9.72. The predicted molar refractivity (Wildman–Crippen MR) is 81.6 cm³/mol. The lowest BCUT2D eigenvalue weighted by Gasteiger charge is -2.19. The minimum atomic E-state index is 0.189. The van der Waals surface area contributed by atoms with Crippen molar-refractivity contribution in [3.05, 3.63) is 23.8 Å². The van der Waals surface area contributed by atoms with Crippen LogP contribution >= 0.6 is 0 Å². The predicted octanol–water partition coefficient (Wildman–Crippen LogP) is 3.00. The highest BCUT2D eigenvalue weighted by Gasteiger charge is 2.13. The molecule has 0 heterocycles. The van der Waals surface area contributed by atoms with Gasteiger partial charge in [0.25, 0.3) is 0 Å². The Hall–Kier alpha value is -1.26. The molecule has 0 aliphatic heterocycles. The van der Waals surface area contributed by atoms with E-state index < -0.39 is 0 Å². The van der Waals surface area contributed by atoms with E-state index in [2.05, 4.69) is 25.2 Å². The van der Waals surface area contributed by atoms with E-state index in [0.717, 1.165) is 43.0 Å². The highest BCUT2D eigenvalue weighted by Crippen LogP contribution is 2.32. The van der Waals surface area contributed by atoms with E-state index >= 15 is 0 Å². The molecule has 0 saturated heterocycles. The standard InChI is InChI=1S/C16H27NO3/c1-5-7-13(2)20-16-14(12-17-10-11-18-3)8-6-9-15(16)19-4/h6,8-9,13,17H,5,7,10-12H2,1-4H3. The van der Waals surface area contributed by atoms with Crippen molar-refractivity contribution in [2.75, 3.05) is 27.4 Å². The van der Waals surface area contributed by atoms with Crippen LogP contribution in [-0.2, 0) is 11.3 Å². The molecule has 0 aromatic heterocycles. The van der Waals surface area contributed by atoms with Gasteiger partial charge in [0, 0.05) is 25.8 Å². The summed E-state index contributed by atoms with van der Waals surface area (Å²) in [4.78, 5) is 0. The van der Waals surface area contributed by atoms with Crippen LogP contribution < -0.4 is 14.8 Å². The van der Waals surface area contributed by atoms with Gasteiger partial charge in [-0.3, -0.25) is 0 Å². The van der Waals surface area contributed by atoms with Crippen LogP contribution in [0.3, 0.4) is 0 Å². The third-order valence-corrected chi connectivity index (χ3v) is 3.09. The SMILES string of the molecule is CCCC(C)Oc1c(CNCCOC)cccc1OC. The van der Waals surface area contributed by atoms with Gasteiger partial charge in [0.05, 0.1) is 19.8 Å². The van der Waals surface area contributed by atoms with E-state index in [1.807, 2.05) is 12.1 Å². The first kappa shape index (κ1) is 16.8. The number of rotatable bonds is 10. The quantitative estimate of drug-likeness (QED) is 0.669. The number of nitrogens with one attached hydrogen (secondary N) is 1. The number of para-hydroxylation sites is 1. The molecule has 1 atom stereocenters. The molecule has 0 saturated carbocycles. The largest absolute Gasteiger partial charge is 0.493 e. The minimum absolute atomic E-state index is 0.189. The van der Waals surface area contributed by atoms with E-state index in [1.54, 1.807) is 14.2 Å². The molecule has 0 spiro atoms. The fourth-order valence-corrected chi connectivity index (χ4v) is 2.06. The van der Waals surface area contributed by atoms with Crippen LogP contribution in [0.2, 0.25) is 0 Å². The van der Waals surface area contributed by atoms with Gasteiger partial charge in [0.1, 0.15) is 0 Å². The second-order valence-corrected chi connectivity index (χ2v) is 4.84. The lowest BCUT2D eigenvalue weighted by molar-refractivity contribution is 0.194. The maximum absolute atomic E-state index is 6.07. The first-order valence-electron chi connectivity index (χ1n) is 7.25. The molecule has 1 unspecified atom stereocenters. The van der Waals surface area contributed by atoms with Gasteiger partial charge in [-0.1, -0.05) is 25.5 Å². The topological polar surface area (TPSA) is 39.7 Å². The molecule has 1 aromatic rings. The fraction of sp³-hybridized carbons (Fsp3) is 0.625. The summed E-state index contributed by atoms with van der Waals surface area (Å²) in [5.41, 5.74) is 1.11. The Bertz CT molecular complexity index is 382. The third-order valence-electron chi connectivity index (χ3n) is 3.09. The summed E-state index contributed by atoms with van der Waals surface area (Å²) in [6, 6.07) is 5.99. The van der Waals surface area contributed by atoms with Gasteiger partial charge >= 0.3 is 0 Å². The van der Waals surface area contributed by atoms with E-state index in [9.17, 15) is 0 Å². The van der Waals surface area contributed by atoms with E-state index in [4.69, 9.17) is 14.2 Å². The van der Waals surface area contributed by atoms with Crippen molar-refractivity contribution < 1.29 is 14.2 Å². The van der Waals surface area contributed by atoms with Gasteiger partial charge in [-0.25, -0.2) is 0 Å². The van der Waals surface area contributed by atoms with Crippen LogP contribution in [0.1, 0.15) is 32.3 Å². The van der Waals surface area contributed by atoms with Crippen molar-refractivity contribution in [2.24, 2.45) is 0 Å². The smallest absolute Gasteiger partial charge is 0.166 e. The molecule has 4 nitrogen and oxygen atoms in total. The van der Waals surface area contributed by atoms with Crippen LogP contribution in [0, 0.1) is 0 Å². The van der Waals surface area contributed by atoms with Crippen molar-refractivity contribution in [1.82, 2.24) is 5.32 Å². The molecule has 20 heavy (non-hydrogen) atoms. The summed E-state index contributed by atoms with van der Waals surface area (Å²) in [6.45, 7) is 6.52. The molecular weight excluding hydrogens is 254 g/mol. The van der Waals surface area contributed by atoms with E-state index in [1.165, 1.54) is 0 Å². The maximum Gasteiger partial charge on any atom is 0.166 e. The molecule has 0 bridgehead atoms. The molecule has 1 aromatic carbocycles. The molecule has 1 rings (SSSR count). The highest BCUT2D eigenvalue weighted by molar-refractivity contribution is 5.46. The number of benzene rings is 1. The Balaban J connectivity index is 2.75. The molecule has 4 heteroatoms.